The minimum absolute atomic E-state index is 0.113. The minimum Gasteiger partial charge on any atom is -0.489 e. The third kappa shape index (κ3) is 7.00. The molecule has 1 atom stereocenters. The second-order valence-electron chi connectivity index (χ2n) is 9.05. The second kappa shape index (κ2) is 12.3. The molecule has 35 heavy (non-hydrogen) atoms. The second-order valence-corrected chi connectivity index (χ2v) is 9.05. The Morgan fingerprint density at radius 1 is 1.14 bits per heavy atom. The van der Waals surface area contributed by atoms with Gasteiger partial charge in [-0.1, -0.05) is 44.2 Å². The zero-order valence-corrected chi connectivity index (χ0v) is 20.5. The zero-order valence-electron chi connectivity index (χ0n) is 20.5. The van der Waals surface area contributed by atoms with E-state index in [1.54, 1.807) is 5.48 Å². The molecule has 0 radical (unpaired) electrons. The number of hydrogen-bond donors (Lipinski definition) is 3. The molecule has 8 nitrogen and oxygen atoms in total. The van der Waals surface area contributed by atoms with Gasteiger partial charge in [-0.05, 0) is 49.1 Å². The van der Waals surface area contributed by atoms with Gasteiger partial charge in [0.05, 0.1) is 11.9 Å². The lowest BCUT2D eigenvalue weighted by molar-refractivity contribution is -0.144. The van der Waals surface area contributed by atoms with Gasteiger partial charge in [-0.15, -0.1) is 0 Å². The van der Waals surface area contributed by atoms with E-state index in [1.807, 2.05) is 75.4 Å². The van der Waals surface area contributed by atoms with E-state index in [4.69, 9.17) is 15.7 Å². The summed E-state index contributed by atoms with van der Waals surface area (Å²) in [6.07, 6.45) is 0.538. The number of aryl methyl sites for hydroxylation is 1. The fraction of sp³-hybridized carbons (Fsp3) is 0.370. The number of rotatable bonds is 11. The quantitative estimate of drug-likeness (QED) is 0.287. The Hall–Kier alpha value is -3.49. The molecule has 186 valence electrons. The maximum Gasteiger partial charge on any atom is 0.266 e. The number of nitrogens with two attached hydrogens (primary N) is 1. The number of carbonyl (C=O) groups excluding carboxylic acids is 2. The standard InChI is InChI=1S/C27H34N4O4/c1-18(2)14-25(27(33)30-34)31(13-12-28)26(32)16-20-8-10-22(11-9-20)35-17-21-15-19(3)29-24-7-5-4-6-23(21)24/h4-11,15,18,25,34H,12-14,16-17,28H2,1-3H3,(H,30,33). The molecule has 2 aromatic carbocycles. The van der Waals surface area contributed by atoms with Crippen molar-refractivity contribution in [3.05, 3.63) is 71.4 Å². The van der Waals surface area contributed by atoms with Gasteiger partial charge in [-0.25, -0.2) is 5.48 Å². The summed E-state index contributed by atoms with van der Waals surface area (Å²) < 4.78 is 6.01. The number of para-hydroxylation sites is 1. The van der Waals surface area contributed by atoms with Gasteiger partial charge in [-0.2, -0.15) is 0 Å². The van der Waals surface area contributed by atoms with Gasteiger partial charge in [0.25, 0.3) is 5.91 Å². The number of fused-ring (bicyclic) bond motifs is 1. The van der Waals surface area contributed by atoms with Gasteiger partial charge in [-0.3, -0.25) is 19.8 Å². The normalized spacial score (nSPS) is 11.9. The monoisotopic (exact) mass is 478 g/mol. The van der Waals surface area contributed by atoms with Gasteiger partial charge in [0.2, 0.25) is 5.91 Å². The van der Waals surface area contributed by atoms with E-state index >= 15 is 0 Å². The summed E-state index contributed by atoms with van der Waals surface area (Å²) in [6, 6.07) is 16.6. The molecule has 0 bridgehead atoms. The number of hydroxylamine groups is 1. The van der Waals surface area contributed by atoms with Crippen molar-refractivity contribution >= 4 is 22.7 Å². The average Bonchev–Trinajstić information content (AvgIpc) is 2.84. The van der Waals surface area contributed by atoms with E-state index in [0.29, 0.717) is 18.8 Å². The van der Waals surface area contributed by atoms with Crippen LogP contribution in [0.15, 0.2) is 54.6 Å². The van der Waals surface area contributed by atoms with Crippen molar-refractivity contribution in [2.24, 2.45) is 11.7 Å². The first-order valence-corrected chi connectivity index (χ1v) is 11.8. The van der Waals surface area contributed by atoms with Gasteiger partial charge in [0.1, 0.15) is 18.4 Å². The predicted octanol–water partition coefficient (Wildman–Crippen LogP) is 3.37. The summed E-state index contributed by atoms with van der Waals surface area (Å²) in [5.41, 5.74) is 11.1. The number of nitrogens with zero attached hydrogens (tertiary/aromatic N) is 2. The van der Waals surface area contributed by atoms with E-state index in [0.717, 1.165) is 27.7 Å². The Bertz CT molecular complexity index is 1150. The Balaban J connectivity index is 1.68. The van der Waals surface area contributed by atoms with Gasteiger partial charge in [0.15, 0.2) is 0 Å². The van der Waals surface area contributed by atoms with Crippen molar-refractivity contribution in [2.75, 3.05) is 13.1 Å². The molecule has 0 spiro atoms. The number of pyridine rings is 1. The van der Waals surface area contributed by atoms with Crippen LogP contribution in [0.2, 0.25) is 0 Å². The molecule has 3 aromatic rings. The third-order valence-electron chi connectivity index (χ3n) is 5.78. The summed E-state index contributed by atoms with van der Waals surface area (Å²) in [6.45, 7) is 6.72. The minimum atomic E-state index is -0.780. The van der Waals surface area contributed by atoms with Crippen molar-refractivity contribution < 1.29 is 19.5 Å². The van der Waals surface area contributed by atoms with Gasteiger partial charge < -0.3 is 15.4 Å². The molecule has 0 aliphatic rings. The highest BCUT2D eigenvalue weighted by molar-refractivity contribution is 5.88. The maximum absolute atomic E-state index is 13.1. The van der Waals surface area contributed by atoms with Crippen LogP contribution in [0.1, 0.15) is 37.1 Å². The highest BCUT2D eigenvalue weighted by Crippen LogP contribution is 2.21. The van der Waals surface area contributed by atoms with Crippen LogP contribution in [0.25, 0.3) is 10.9 Å². The molecule has 0 saturated carbocycles. The lowest BCUT2D eigenvalue weighted by Crippen LogP contribution is -2.51. The van der Waals surface area contributed by atoms with E-state index in [1.165, 1.54) is 4.90 Å². The smallest absolute Gasteiger partial charge is 0.266 e. The largest absolute Gasteiger partial charge is 0.489 e. The Morgan fingerprint density at radius 3 is 2.51 bits per heavy atom. The topological polar surface area (TPSA) is 118 Å². The highest BCUT2D eigenvalue weighted by atomic mass is 16.5. The number of nitrogens with one attached hydrogen (secondary N) is 1. The van der Waals surface area contributed by atoms with E-state index in [2.05, 4.69) is 4.98 Å². The van der Waals surface area contributed by atoms with E-state index in [-0.39, 0.29) is 31.3 Å². The highest BCUT2D eigenvalue weighted by Gasteiger charge is 2.29. The Labute approximate surface area is 206 Å². The van der Waals surface area contributed by atoms with Crippen molar-refractivity contribution in [3.8, 4) is 5.75 Å². The van der Waals surface area contributed by atoms with E-state index < -0.39 is 11.9 Å². The first kappa shape index (κ1) is 26.1. The summed E-state index contributed by atoms with van der Waals surface area (Å²) >= 11 is 0. The molecule has 3 rings (SSSR count). The number of hydrogen-bond acceptors (Lipinski definition) is 6. The predicted molar refractivity (Wildman–Crippen MR) is 135 cm³/mol. The molecule has 0 fully saturated rings. The average molecular weight is 479 g/mol. The molecule has 4 N–H and O–H groups in total. The molecule has 1 aromatic heterocycles. The number of aromatic nitrogens is 1. The molecular weight excluding hydrogens is 444 g/mol. The molecule has 2 amide bonds. The summed E-state index contributed by atoms with van der Waals surface area (Å²) in [5, 5.41) is 10.2. The lowest BCUT2D eigenvalue weighted by Gasteiger charge is -2.31. The van der Waals surface area contributed by atoms with Crippen molar-refractivity contribution in [2.45, 2.75) is 46.3 Å². The first-order valence-electron chi connectivity index (χ1n) is 11.8. The van der Waals surface area contributed by atoms with Crippen LogP contribution >= 0.6 is 0 Å². The summed E-state index contributed by atoms with van der Waals surface area (Å²) in [7, 11) is 0. The molecule has 0 aliphatic carbocycles. The molecule has 8 heteroatoms. The van der Waals surface area contributed by atoms with Crippen LogP contribution < -0.4 is 16.0 Å². The van der Waals surface area contributed by atoms with Crippen molar-refractivity contribution in [1.82, 2.24) is 15.4 Å². The molecule has 0 aliphatic heterocycles. The molecule has 0 saturated heterocycles. The number of carbonyl (C=O) groups is 2. The number of benzene rings is 2. The summed E-state index contributed by atoms with van der Waals surface area (Å²) in [5.74, 6) is 0.0132. The SMILES string of the molecule is Cc1cc(COc2ccc(CC(=O)N(CCN)C(CC(C)C)C(=O)NO)cc2)c2ccccc2n1. The van der Waals surface area contributed by atoms with Crippen LogP contribution in [0, 0.1) is 12.8 Å². The number of amides is 2. The Kier molecular flexibility index (Phi) is 9.17. The van der Waals surface area contributed by atoms with Crippen LogP contribution in [0.4, 0.5) is 0 Å². The van der Waals surface area contributed by atoms with Crippen LogP contribution in [-0.2, 0) is 22.6 Å². The van der Waals surface area contributed by atoms with Crippen molar-refractivity contribution in [1.29, 1.82) is 0 Å². The van der Waals surface area contributed by atoms with Crippen LogP contribution in [-0.4, -0.2) is 46.0 Å². The van der Waals surface area contributed by atoms with E-state index in [9.17, 15) is 9.59 Å². The lowest BCUT2D eigenvalue weighted by atomic mass is 10.0. The third-order valence-corrected chi connectivity index (χ3v) is 5.78. The number of ether oxygens (including phenoxy) is 1. The van der Waals surface area contributed by atoms with Crippen LogP contribution in [0.5, 0.6) is 5.75 Å². The molecule has 1 unspecified atom stereocenters. The molecular formula is C27H34N4O4. The van der Waals surface area contributed by atoms with Gasteiger partial charge >= 0.3 is 0 Å². The fourth-order valence-electron chi connectivity index (χ4n) is 4.15. The fourth-order valence-corrected chi connectivity index (χ4v) is 4.15. The zero-order chi connectivity index (χ0) is 25.4. The first-order chi connectivity index (χ1) is 16.8. The molecule has 1 heterocycles. The summed E-state index contributed by atoms with van der Waals surface area (Å²) in [4.78, 5) is 31.3. The van der Waals surface area contributed by atoms with Gasteiger partial charge in [0, 0.05) is 29.7 Å². The maximum atomic E-state index is 13.1. The van der Waals surface area contributed by atoms with Crippen molar-refractivity contribution in [3.63, 3.8) is 0 Å². The Morgan fingerprint density at radius 2 is 1.86 bits per heavy atom. The van der Waals surface area contributed by atoms with Crippen LogP contribution in [0.3, 0.4) is 0 Å².